The van der Waals surface area contributed by atoms with Crippen molar-refractivity contribution in [3.8, 4) is 0 Å². The van der Waals surface area contributed by atoms with Crippen molar-refractivity contribution >= 4 is 17.5 Å². The highest BCUT2D eigenvalue weighted by Gasteiger charge is 2.23. The molecule has 4 heteroatoms. The summed E-state index contributed by atoms with van der Waals surface area (Å²) in [4.78, 5) is 12.0. The van der Waals surface area contributed by atoms with Gasteiger partial charge < -0.3 is 11.1 Å². The van der Waals surface area contributed by atoms with Crippen LogP contribution in [-0.2, 0) is 11.2 Å². The van der Waals surface area contributed by atoms with Gasteiger partial charge in [-0.2, -0.15) is 0 Å². The van der Waals surface area contributed by atoms with E-state index in [2.05, 4.69) is 5.32 Å². The number of amides is 1. The topological polar surface area (TPSA) is 55.1 Å². The molecule has 1 aromatic rings. The van der Waals surface area contributed by atoms with Gasteiger partial charge in [0.25, 0.3) is 0 Å². The van der Waals surface area contributed by atoms with Gasteiger partial charge in [0.2, 0.25) is 5.91 Å². The normalized spacial score (nSPS) is 14.7. The van der Waals surface area contributed by atoms with Crippen LogP contribution in [0, 0.1) is 5.41 Å². The summed E-state index contributed by atoms with van der Waals surface area (Å²) in [6.07, 6.45) is 1.11. The van der Waals surface area contributed by atoms with E-state index >= 15 is 0 Å². The smallest absolute Gasteiger partial charge is 0.221 e. The first kappa shape index (κ1) is 17.0. The van der Waals surface area contributed by atoms with Crippen molar-refractivity contribution in [1.29, 1.82) is 0 Å². The Bertz CT molecular complexity index is 454. The minimum atomic E-state index is -0.138. The molecule has 0 heterocycles. The number of benzene rings is 1. The summed E-state index contributed by atoms with van der Waals surface area (Å²) >= 11 is 5.95. The highest BCUT2D eigenvalue weighted by molar-refractivity contribution is 6.30. The Labute approximate surface area is 126 Å². The highest BCUT2D eigenvalue weighted by atomic mass is 35.5. The van der Waals surface area contributed by atoms with Crippen molar-refractivity contribution in [1.82, 2.24) is 5.32 Å². The van der Waals surface area contributed by atoms with Crippen LogP contribution >= 0.6 is 11.6 Å². The predicted octanol–water partition coefficient (Wildman–Crippen LogP) is 3.15. The summed E-state index contributed by atoms with van der Waals surface area (Å²) in [7, 11) is 0. The number of carbonyl (C=O) groups is 1. The Morgan fingerprint density at radius 2 is 2.05 bits per heavy atom. The van der Waals surface area contributed by atoms with Gasteiger partial charge in [0.05, 0.1) is 0 Å². The number of carbonyl (C=O) groups excluding carboxylic acids is 1. The first-order valence-electron chi connectivity index (χ1n) is 6.98. The summed E-state index contributed by atoms with van der Waals surface area (Å²) < 4.78 is 0. The largest absolute Gasteiger partial charge is 0.353 e. The van der Waals surface area contributed by atoms with Gasteiger partial charge >= 0.3 is 0 Å². The fourth-order valence-electron chi connectivity index (χ4n) is 1.91. The molecule has 1 amide bonds. The van der Waals surface area contributed by atoms with E-state index in [4.69, 9.17) is 17.3 Å². The van der Waals surface area contributed by atoms with Crippen molar-refractivity contribution in [2.75, 3.05) is 0 Å². The van der Waals surface area contributed by atoms with E-state index in [0.717, 1.165) is 17.0 Å². The van der Waals surface area contributed by atoms with Crippen LogP contribution in [0.2, 0.25) is 5.02 Å². The Morgan fingerprint density at radius 1 is 1.40 bits per heavy atom. The minimum absolute atomic E-state index is 0.00181. The molecule has 2 unspecified atom stereocenters. The molecule has 0 bridgehead atoms. The molecule has 0 saturated heterocycles. The molecule has 1 rings (SSSR count). The molecule has 3 N–H and O–H groups in total. The second kappa shape index (κ2) is 7.09. The average Bonchev–Trinajstić information content (AvgIpc) is 2.26. The van der Waals surface area contributed by atoms with E-state index in [1.165, 1.54) is 0 Å². The van der Waals surface area contributed by atoms with Gasteiger partial charge in [-0.1, -0.05) is 44.5 Å². The highest BCUT2D eigenvalue weighted by Crippen LogP contribution is 2.19. The molecule has 0 aromatic heterocycles. The third-order valence-corrected chi connectivity index (χ3v) is 3.59. The van der Waals surface area contributed by atoms with Crippen molar-refractivity contribution in [3.05, 3.63) is 34.9 Å². The number of rotatable bonds is 5. The fourth-order valence-corrected chi connectivity index (χ4v) is 2.12. The van der Waals surface area contributed by atoms with Gasteiger partial charge in [-0.05, 0) is 36.5 Å². The zero-order valence-electron chi connectivity index (χ0n) is 12.7. The minimum Gasteiger partial charge on any atom is -0.353 e. The Hall–Kier alpha value is -1.06. The quantitative estimate of drug-likeness (QED) is 0.877. The van der Waals surface area contributed by atoms with Crippen LogP contribution in [0.15, 0.2) is 24.3 Å². The number of nitrogens with one attached hydrogen (secondary N) is 1. The van der Waals surface area contributed by atoms with Crippen molar-refractivity contribution in [2.24, 2.45) is 11.1 Å². The number of halogens is 1. The lowest BCUT2D eigenvalue weighted by molar-refractivity contribution is -0.122. The van der Waals surface area contributed by atoms with E-state index in [-0.39, 0.29) is 23.4 Å². The van der Waals surface area contributed by atoms with Gasteiger partial charge in [-0.25, -0.2) is 0 Å². The van der Waals surface area contributed by atoms with Gasteiger partial charge in [0.1, 0.15) is 0 Å². The van der Waals surface area contributed by atoms with Crippen LogP contribution in [0.1, 0.15) is 39.7 Å². The molecular weight excluding hydrogens is 272 g/mol. The molecule has 3 nitrogen and oxygen atoms in total. The zero-order chi connectivity index (χ0) is 15.3. The lowest BCUT2D eigenvalue weighted by Crippen LogP contribution is -2.42. The van der Waals surface area contributed by atoms with Gasteiger partial charge in [-0.15, -0.1) is 0 Å². The third-order valence-electron chi connectivity index (χ3n) is 3.36. The van der Waals surface area contributed by atoms with Crippen molar-refractivity contribution in [3.63, 3.8) is 0 Å². The first-order chi connectivity index (χ1) is 9.18. The maximum Gasteiger partial charge on any atom is 0.221 e. The summed E-state index contributed by atoms with van der Waals surface area (Å²) in [5.74, 6) is 0.00181. The van der Waals surface area contributed by atoms with E-state index < -0.39 is 0 Å². The van der Waals surface area contributed by atoms with Gasteiger partial charge in [-0.3, -0.25) is 4.79 Å². The van der Waals surface area contributed by atoms with Crippen LogP contribution < -0.4 is 11.1 Å². The molecule has 0 aliphatic heterocycles. The predicted molar refractivity (Wildman–Crippen MR) is 84.8 cm³/mol. The van der Waals surface area contributed by atoms with E-state index in [0.29, 0.717) is 6.42 Å². The van der Waals surface area contributed by atoms with Crippen LogP contribution in [0.3, 0.4) is 0 Å². The zero-order valence-corrected chi connectivity index (χ0v) is 13.5. The maximum absolute atomic E-state index is 12.0. The van der Waals surface area contributed by atoms with Crippen molar-refractivity contribution in [2.45, 2.75) is 52.6 Å². The number of hydrogen-bond donors (Lipinski definition) is 2. The molecule has 0 fully saturated rings. The number of nitrogens with two attached hydrogens (primary N) is 1. The van der Waals surface area contributed by atoms with Crippen LogP contribution in [0.25, 0.3) is 0 Å². The molecule has 0 saturated carbocycles. The van der Waals surface area contributed by atoms with E-state index in [9.17, 15) is 4.79 Å². The van der Waals surface area contributed by atoms with Crippen LogP contribution in [0.4, 0.5) is 0 Å². The van der Waals surface area contributed by atoms with Crippen LogP contribution in [-0.4, -0.2) is 18.0 Å². The Balaban J connectivity index is 2.46. The molecule has 20 heavy (non-hydrogen) atoms. The molecule has 0 aliphatic carbocycles. The Morgan fingerprint density at radius 3 is 2.60 bits per heavy atom. The monoisotopic (exact) mass is 296 g/mol. The summed E-state index contributed by atoms with van der Waals surface area (Å²) in [5, 5.41) is 3.71. The Kier molecular flexibility index (Phi) is 6.03. The van der Waals surface area contributed by atoms with E-state index in [1.807, 2.05) is 52.0 Å². The molecule has 1 aromatic carbocycles. The van der Waals surface area contributed by atoms with Gasteiger partial charge in [0.15, 0.2) is 0 Å². The lowest BCUT2D eigenvalue weighted by Gasteiger charge is -2.27. The van der Waals surface area contributed by atoms with E-state index in [1.54, 1.807) is 0 Å². The van der Waals surface area contributed by atoms with Gasteiger partial charge in [0, 0.05) is 23.5 Å². The molecule has 0 aliphatic rings. The molecule has 2 atom stereocenters. The van der Waals surface area contributed by atoms with Crippen LogP contribution in [0.5, 0.6) is 0 Å². The summed E-state index contributed by atoms with van der Waals surface area (Å²) in [6, 6.07) is 7.62. The second-order valence-electron chi connectivity index (χ2n) is 6.48. The molecular formula is C16H25ClN2O. The number of hydrogen-bond acceptors (Lipinski definition) is 2. The standard InChI is InChI=1S/C16H25ClN2O/c1-11(8-12-6-5-7-13(17)9-12)19-15(20)10-14(18)16(2,3)4/h5-7,9,11,14H,8,10,18H2,1-4H3,(H,19,20). The third kappa shape index (κ3) is 5.93. The lowest BCUT2D eigenvalue weighted by atomic mass is 9.85. The fraction of sp³-hybridized carbons (Fsp3) is 0.562. The SMILES string of the molecule is CC(Cc1cccc(Cl)c1)NC(=O)CC(N)C(C)(C)C. The summed E-state index contributed by atoms with van der Waals surface area (Å²) in [5.41, 5.74) is 7.08. The maximum atomic E-state index is 12.0. The summed E-state index contributed by atoms with van der Waals surface area (Å²) in [6.45, 7) is 8.11. The molecule has 0 spiro atoms. The average molecular weight is 297 g/mol. The van der Waals surface area contributed by atoms with Crippen molar-refractivity contribution < 1.29 is 4.79 Å². The second-order valence-corrected chi connectivity index (χ2v) is 6.92. The molecule has 0 radical (unpaired) electrons. The first-order valence-corrected chi connectivity index (χ1v) is 7.35. The molecule has 112 valence electrons.